The Kier molecular flexibility index (Phi) is 7.59. The third-order valence-electron chi connectivity index (χ3n) is 4.23. The van der Waals surface area contributed by atoms with E-state index in [-0.39, 0.29) is 23.9 Å². The van der Waals surface area contributed by atoms with E-state index in [1.54, 1.807) is 18.0 Å². The number of likely N-dealkylation sites (N-methyl/N-ethyl adjacent to an activating group) is 1. The fraction of sp³-hybridized carbons (Fsp3) is 0.556. The highest BCUT2D eigenvalue weighted by Crippen LogP contribution is 2.30. The molecule has 1 aliphatic heterocycles. The second-order valence-electron chi connectivity index (χ2n) is 6.43. The number of hydrogen-bond donors (Lipinski definition) is 1. The molecule has 0 aromatic heterocycles. The van der Waals surface area contributed by atoms with Gasteiger partial charge in [-0.3, -0.25) is 9.69 Å². The van der Waals surface area contributed by atoms with Crippen molar-refractivity contribution < 1.29 is 17.9 Å². The highest BCUT2D eigenvalue weighted by molar-refractivity contribution is 7.89. The molecular weight excluding hydrogens is 368 g/mol. The van der Waals surface area contributed by atoms with Crippen LogP contribution >= 0.6 is 0 Å². The first-order valence-corrected chi connectivity index (χ1v) is 10.4. The van der Waals surface area contributed by atoms with Crippen LogP contribution in [0.3, 0.4) is 0 Å². The van der Waals surface area contributed by atoms with Gasteiger partial charge in [-0.2, -0.15) is 9.57 Å². The number of sulfonamides is 1. The number of nitrogens with zero attached hydrogens (tertiary/aromatic N) is 3. The van der Waals surface area contributed by atoms with Gasteiger partial charge >= 0.3 is 0 Å². The summed E-state index contributed by atoms with van der Waals surface area (Å²) in [5, 5.41) is 11.4. The van der Waals surface area contributed by atoms with E-state index >= 15 is 0 Å². The van der Waals surface area contributed by atoms with Crippen LogP contribution in [0.4, 0.5) is 5.69 Å². The first-order chi connectivity index (χ1) is 12.9. The summed E-state index contributed by atoms with van der Waals surface area (Å²) < 4.78 is 32.8. The zero-order valence-corrected chi connectivity index (χ0v) is 16.6. The molecule has 0 radical (unpaired) electrons. The monoisotopic (exact) mass is 394 g/mol. The second-order valence-corrected chi connectivity index (χ2v) is 8.37. The number of anilines is 1. The number of hydrogen-bond acceptors (Lipinski definition) is 6. The number of rotatable bonds is 8. The molecule has 0 aliphatic carbocycles. The minimum atomic E-state index is -3.61. The Morgan fingerprint density at radius 2 is 2.04 bits per heavy atom. The summed E-state index contributed by atoms with van der Waals surface area (Å²) in [6, 6.07) is 6.48. The molecular formula is C18H26N4O4S. The Morgan fingerprint density at radius 1 is 1.33 bits per heavy atom. The van der Waals surface area contributed by atoms with Gasteiger partial charge in [-0.05, 0) is 45.0 Å². The predicted octanol–water partition coefficient (Wildman–Crippen LogP) is 1.65. The Labute approximate surface area is 160 Å². The quantitative estimate of drug-likeness (QED) is 0.673. The third kappa shape index (κ3) is 5.66. The number of carbonyl (C=O) groups is 1. The van der Waals surface area contributed by atoms with Gasteiger partial charge in [0.15, 0.2) is 0 Å². The van der Waals surface area contributed by atoms with Crippen LogP contribution in [0.1, 0.15) is 26.2 Å². The van der Waals surface area contributed by atoms with Crippen LogP contribution in [0.15, 0.2) is 23.1 Å². The molecule has 0 saturated carbocycles. The Balaban J connectivity index is 2.25. The van der Waals surface area contributed by atoms with Crippen LogP contribution in [0.25, 0.3) is 0 Å². The van der Waals surface area contributed by atoms with Gasteiger partial charge in [-0.1, -0.05) is 6.42 Å². The van der Waals surface area contributed by atoms with E-state index in [9.17, 15) is 13.2 Å². The topological polar surface area (TPSA) is 103 Å². The molecule has 27 heavy (non-hydrogen) atoms. The normalized spacial score (nSPS) is 15.3. The molecule has 0 spiro atoms. The number of amides is 1. The van der Waals surface area contributed by atoms with Crippen LogP contribution < -0.4 is 10.1 Å². The molecule has 1 saturated heterocycles. The number of ether oxygens (including phenoxy) is 1. The van der Waals surface area contributed by atoms with Gasteiger partial charge in [0.2, 0.25) is 15.9 Å². The SMILES string of the molecule is CCOc1ccc(S(=O)(=O)N2CCCCC2)cc1NC(=O)CN(C)CC#N. The van der Waals surface area contributed by atoms with E-state index in [0.717, 1.165) is 19.3 Å². The van der Waals surface area contributed by atoms with E-state index in [4.69, 9.17) is 10.00 Å². The second kappa shape index (κ2) is 9.69. The van der Waals surface area contributed by atoms with E-state index in [1.807, 2.05) is 13.0 Å². The van der Waals surface area contributed by atoms with E-state index < -0.39 is 10.0 Å². The van der Waals surface area contributed by atoms with Crippen molar-refractivity contribution in [3.63, 3.8) is 0 Å². The maximum atomic E-state index is 12.9. The summed E-state index contributed by atoms with van der Waals surface area (Å²) in [6.45, 7) is 3.35. The average Bonchev–Trinajstić information content (AvgIpc) is 2.64. The first-order valence-electron chi connectivity index (χ1n) is 9.00. The van der Waals surface area contributed by atoms with Crippen LogP contribution in [0, 0.1) is 11.3 Å². The molecule has 8 nitrogen and oxygen atoms in total. The van der Waals surface area contributed by atoms with Crippen molar-refractivity contribution >= 4 is 21.6 Å². The summed E-state index contributed by atoms with van der Waals surface area (Å²) >= 11 is 0. The van der Waals surface area contributed by atoms with Crippen molar-refractivity contribution in [1.29, 1.82) is 5.26 Å². The van der Waals surface area contributed by atoms with Gasteiger partial charge in [0.05, 0.1) is 36.3 Å². The van der Waals surface area contributed by atoms with E-state index in [1.165, 1.54) is 16.4 Å². The maximum absolute atomic E-state index is 12.9. The molecule has 1 aromatic carbocycles. The average molecular weight is 394 g/mol. The van der Waals surface area contributed by atoms with Crippen LogP contribution in [-0.4, -0.2) is 63.4 Å². The highest BCUT2D eigenvalue weighted by Gasteiger charge is 2.27. The van der Waals surface area contributed by atoms with Crippen molar-refractivity contribution in [3.8, 4) is 11.8 Å². The fourth-order valence-corrected chi connectivity index (χ4v) is 4.46. The number of piperidine rings is 1. The Bertz CT molecular complexity index is 798. The third-order valence-corrected chi connectivity index (χ3v) is 6.13. The fourth-order valence-electron chi connectivity index (χ4n) is 2.91. The first kappa shape index (κ1) is 21.2. The minimum absolute atomic E-state index is 0.0161. The number of nitriles is 1. The van der Waals surface area contributed by atoms with Crippen molar-refractivity contribution in [2.24, 2.45) is 0 Å². The van der Waals surface area contributed by atoms with Gasteiger partial charge in [0, 0.05) is 13.1 Å². The van der Waals surface area contributed by atoms with Crippen molar-refractivity contribution in [3.05, 3.63) is 18.2 Å². The smallest absolute Gasteiger partial charge is 0.243 e. The molecule has 1 heterocycles. The Hall–Kier alpha value is -2.15. The van der Waals surface area contributed by atoms with Gasteiger partial charge in [0.1, 0.15) is 5.75 Å². The lowest BCUT2D eigenvalue weighted by Gasteiger charge is -2.26. The van der Waals surface area contributed by atoms with Gasteiger partial charge in [-0.15, -0.1) is 0 Å². The molecule has 1 amide bonds. The molecule has 0 bridgehead atoms. The molecule has 2 rings (SSSR count). The van der Waals surface area contributed by atoms with Gasteiger partial charge < -0.3 is 10.1 Å². The molecule has 1 N–H and O–H groups in total. The summed E-state index contributed by atoms with van der Waals surface area (Å²) in [5.74, 6) is 0.0626. The minimum Gasteiger partial charge on any atom is -0.492 e. The predicted molar refractivity (Wildman–Crippen MR) is 102 cm³/mol. The van der Waals surface area contributed by atoms with Gasteiger partial charge in [-0.25, -0.2) is 8.42 Å². The van der Waals surface area contributed by atoms with E-state index in [0.29, 0.717) is 31.1 Å². The highest BCUT2D eigenvalue weighted by atomic mass is 32.2. The molecule has 0 atom stereocenters. The zero-order valence-electron chi connectivity index (χ0n) is 15.8. The lowest BCUT2D eigenvalue weighted by molar-refractivity contribution is -0.116. The van der Waals surface area contributed by atoms with Crippen LogP contribution in [0.5, 0.6) is 5.75 Å². The van der Waals surface area contributed by atoms with Crippen molar-refractivity contribution in [1.82, 2.24) is 9.21 Å². The standard InChI is InChI=1S/C18H26N4O4S/c1-3-26-17-8-7-15(27(24,25)22-10-5-4-6-11-22)13-16(17)20-18(23)14-21(2)12-9-19/h7-8,13H,3-6,10-12,14H2,1-2H3,(H,20,23). The van der Waals surface area contributed by atoms with Gasteiger partial charge in [0.25, 0.3) is 0 Å². The summed E-state index contributed by atoms with van der Waals surface area (Å²) in [7, 11) is -1.95. The molecule has 148 valence electrons. The number of benzene rings is 1. The van der Waals surface area contributed by atoms with Crippen molar-refractivity contribution in [2.75, 3.05) is 45.2 Å². The summed E-state index contributed by atoms with van der Waals surface area (Å²) in [5.41, 5.74) is 0.310. The molecule has 0 unspecified atom stereocenters. The number of nitrogens with one attached hydrogen (secondary N) is 1. The summed E-state index contributed by atoms with van der Waals surface area (Å²) in [6.07, 6.45) is 2.74. The lowest BCUT2D eigenvalue weighted by atomic mass is 10.2. The van der Waals surface area contributed by atoms with E-state index in [2.05, 4.69) is 5.32 Å². The molecule has 9 heteroatoms. The molecule has 1 aliphatic rings. The lowest BCUT2D eigenvalue weighted by Crippen LogP contribution is -2.35. The maximum Gasteiger partial charge on any atom is 0.243 e. The van der Waals surface area contributed by atoms with Crippen LogP contribution in [-0.2, 0) is 14.8 Å². The Morgan fingerprint density at radius 3 is 2.67 bits per heavy atom. The van der Waals surface area contributed by atoms with Crippen LogP contribution in [0.2, 0.25) is 0 Å². The van der Waals surface area contributed by atoms with Crippen molar-refractivity contribution in [2.45, 2.75) is 31.1 Å². The largest absolute Gasteiger partial charge is 0.492 e. The number of carbonyl (C=O) groups excluding carboxylic acids is 1. The molecule has 1 fully saturated rings. The summed E-state index contributed by atoms with van der Waals surface area (Å²) in [4.78, 5) is 13.9. The molecule has 1 aromatic rings. The zero-order chi connectivity index (χ0) is 19.9.